The molecule has 1 fully saturated rings. The van der Waals surface area contributed by atoms with Gasteiger partial charge in [0.2, 0.25) is 0 Å². The van der Waals surface area contributed by atoms with Crippen LogP contribution in [0.3, 0.4) is 0 Å². The maximum absolute atomic E-state index is 6.03. The summed E-state index contributed by atoms with van der Waals surface area (Å²) in [7, 11) is 0. The van der Waals surface area contributed by atoms with Crippen molar-refractivity contribution in [2.24, 2.45) is 0 Å². The van der Waals surface area contributed by atoms with Gasteiger partial charge in [0.05, 0.1) is 18.9 Å². The first-order valence-electron chi connectivity index (χ1n) is 7.15. The van der Waals surface area contributed by atoms with Gasteiger partial charge in [-0.3, -0.25) is 0 Å². The Kier molecular flexibility index (Phi) is 3.92. The van der Waals surface area contributed by atoms with Crippen LogP contribution in [0.4, 0.5) is 22.9 Å². The fourth-order valence-electron chi connectivity index (χ4n) is 2.38. The maximum atomic E-state index is 6.03. The number of hydrogen-bond acceptors (Lipinski definition) is 5. The summed E-state index contributed by atoms with van der Waals surface area (Å²) in [5, 5.41) is 3.26. The molecule has 1 saturated heterocycles. The number of nitrogens with two attached hydrogens (primary N) is 1. The van der Waals surface area contributed by atoms with Gasteiger partial charge >= 0.3 is 0 Å². The van der Waals surface area contributed by atoms with Gasteiger partial charge in [0.25, 0.3) is 0 Å². The van der Waals surface area contributed by atoms with E-state index in [9.17, 15) is 0 Å². The van der Waals surface area contributed by atoms with E-state index in [1.165, 1.54) is 5.69 Å². The van der Waals surface area contributed by atoms with Crippen molar-refractivity contribution in [2.45, 2.75) is 6.92 Å². The van der Waals surface area contributed by atoms with Crippen molar-refractivity contribution in [1.29, 1.82) is 0 Å². The first-order chi connectivity index (χ1) is 10.2. The zero-order valence-electron chi connectivity index (χ0n) is 12.2. The number of benzene rings is 1. The SMILES string of the molecule is Cc1ccnc(Nc2ccc(N3CCOCC3)cc2)c1N. The number of hydrogen-bond donors (Lipinski definition) is 2. The van der Waals surface area contributed by atoms with Crippen LogP contribution in [0.2, 0.25) is 0 Å². The minimum atomic E-state index is 0.690. The van der Waals surface area contributed by atoms with Gasteiger partial charge < -0.3 is 20.7 Å². The quantitative estimate of drug-likeness (QED) is 0.907. The van der Waals surface area contributed by atoms with Crippen LogP contribution in [0.25, 0.3) is 0 Å². The number of rotatable bonds is 3. The van der Waals surface area contributed by atoms with Crippen LogP contribution < -0.4 is 16.0 Å². The van der Waals surface area contributed by atoms with Gasteiger partial charge in [0, 0.05) is 30.7 Å². The first-order valence-corrected chi connectivity index (χ1v) is 7.15. The van der Waals surface area contributed by atoms with E-state index in [-0.39, 0.29) is 0 Å². The van der Waals surface area contributed by atoms with E-state index in [1.807, 2.05) is 25.1 Å². The van der Waals surface area contributed by atoms with Gasteiger partial charge in [-0.1, -0.05) is 0 Å². The third-order valence-corrected chi connectivity index (χ3v) is 3.71. The highest BCUT2D eigenvalue weighted by molar-refractivity contribution is 5.71. The van der Waals surface area contributed by atoms with E-state index in [2.05, 4.69) is 27.3 Å². The van der Waals surface area contributed by atoms with Crippen LogP contribution in [0, 0.1) is 6.92 Å². The molecule has 0 spiro atoms. The molecule has 3 N–H and O–H groups in total. The smallest absolute Gasteiger partial charge is 0.153 e. The van der Waals surface area contributed by atoms with Crippen molar-refractivity contribution >= 4 is 22.9 Å². The molecular formula is C16H20N4O. The minimum absolute atomic E-state index is 0.690. The van der Waals surface area contributed by atoms with E-state index in [1.54, 1.807) is 6.20 Å². The Balaban J connectivity index is 1.73. The monoisotopic (exact) mass is 284 g/mol. The molecule has 5 nitrogen and oxygen atoms in total. The molecule has 1 aliphatic rings. The molecule has 3 rings (SSSR count). The summed E-state index contributed by atoms with van der Waals surface area (Å²) in [5.41, 5.74) is 9.94. The largest absolute Gasteiger partial charge is 0.396 e. The normalized spacial score (nSPS) is 15.0. The Morgan fingerprint density at radius 1 is 1.14 bits per heavy atom. The van der Waals surface area contributed by atoms with E-state index in [0.29, 0.717) is 11.5 Å². The molecular weight excluding hydrogens is 264 g/mol. The number of nitrogens with one attached hydrogen (secondary N) is 1. The van der Waals surface area contributed by atoms with Crippen LogP contribution in [0.1, 0.15) is 5.56 Å². The molecule has 5 heteroatoms. The summed E-state index contributed by atoms with van der Waals surface area (Å²) in [4.78, 5) is 6.61. The van der Waals surface area contributed by atoms with Crippen LogP contribution in [0.15, 0.2) is 36.5 Å². The molecule has 21 heavy (non-hydrogen) atoms. The van der Waals surface area contributed by atoms with Gasteiger partial charge in [-0.2, -0.15) is 0 Å². The standard InChI is InChI=1S/C16H20N4O/c1-12-6-7-18-16(15(12)17)19-13-2-4-14(5-3-13)20-8-10-21-11-9-20/h2-7H,8-11,17H2,1H3,(H,18,19). The predicted molar refractivity (Wildman–Crippen MR) is 86.1 cm³/mol. The third kappa shape index (κ3) is 3.08. The van der Waals surface area contributed by atoms with Gasteiger partial charge in [-0.15, -0.1) is 0 Å². The second kappa shape index (κ2) is 6.01. The third-order valence-electron chi connectivity index (χ3n) is 3.71. The molecule has 0 saturated carbocycles. The molecule has 0 radical (unpaired) electrons. The van der Waals surface area contributed by atoms with Gasteiger partial charge in [-0.25, -0.2) is 4.98 Å². The number of nitrogen functional groups attached to an aromatic ring is 1. The van der Waals surface area contributed by atoms with Crippen LogP contribution >= 0.6 is 0 Å². The summed E-state index contributed by atoms with van der Waals surface area (Å²) in [6, 6.07) is 10.2. The lowest BCUT2D eigenvalue weighted by atomic mass is 10.2. The summed E-state index contributed by atoms with van der Waals surface area (Å²) < 4.78 is 5.37. The number of aromatic nitrogens is 1. The molecule has 1 aromatic heterocycles. The fourth-order valence-corrected chi connectivity index (χ4v) is 2.38. The lowest BCUT2D eigenvalue weighted by molar-refractivity contribution is 0.122. The molecule has 2 heterocycles. The zero-order valence-corrected chi connectivity index (χ0v) is 12.2. The fraction of sp³-hybridized carbons (Fsp3) is 0.312. The molecule has 0 aliphatic carbocycles. The van der Waals surface area contributed by atoms with Crippen LogP contribution in [-0.4, -0.2) is 31.3 Å². The van der Waals surface area contributed by atoms with Crippen LogP contribution in [0.5, 0.6) is 0 Å². The number of ether oxygens (including phenoxy) is 1. The number of anilines is 4. The molecule has 1 aliphatic heterocycles. The Morgan fingerprint density at radius 3 is 2.57 bits per heavy atom. The Labute approximate surface area is 124 Å². The van der Waals surface area contributed by atoms with Crippen molar-refractivity contribution in [3.05, 3.63) is 42.1 Å². The molecule has 0 atom stereocenters. The van der Waals surface area contributed by atoms with Crippen molar-refractivity contribution in [3.8, 4) is 0 Å². The van der Waals surface area contributed by atoms with Gasteiger partial charge in [0.1, 0.15) is 0 Å². The number of morpholine rings is 1. The molecule has 110 valence electrons. The number of nitrogens with zero attached hydrogens (tertiary/aromatic N) is 2. The summed E-state index contributed by atoms with van der Waals surface area (Å²) >= 11 is 0. The molecule has 0 amide bonds. The highest BCUT2D eigenvalue weighted by Crippen LogP contribution is 2.25. The highest BCUT2D eigenvalue weighted by atomic mass is 16.5. The van der Waals surface area contributed by atoms with E-state index < -0.39 is 0 Å². The second-order valence-corrected chi connectivity index (χ2v) is 5.16. The van der Waals surface area contributed by atoms with Crippen molar-refractivity contribution in [1.82, 2.24) is 4.98 Å². The minimum Gasteiger partial charge on any atom is -0.396 e. The average Bonchev–Trinajstić information content (AvgIpc) is 2.53. The molecule has 1 aromatic carbocycles. The Hall–Kier alpha value is -2.27. The molecule has 2 aromatic rings. The maximum Gasteiger partial charge on any atom is 0.153 e. The second-order valence-electron chi connectivity index (χ2n) is 5.16. The van der Waals surface area contributed by atoms with Gasteiger partial charge in [0.15, 0.2) is 5.82 Å². The van der Waals surface area contributed by atoms with E-state index >= 15 is 0 Å². The Morgan fingerprint density at radius 2 is 1.86 bits per heavy atom. The van der Waals surface area contributed by atoms with E-state index in [0.717, 1.165) is 37.6 Å². The lowest BCUT2D eigenvalue weighted by Gasteiger charge is -2.28. The van der Waals surface area contributed by atoms with Crippen LogP contribution in [-0.2, 0) is 4.74 Å². The van der Waals surface area contributed by atoms with Crippen molar-refractivity contribution in [2.75, 3.05) is 42.3 Å². The Bertz CT molecular complexity index is 606. The topological polar surface area (TPSA) is 63.4 Å². The highest BCUT2D eigenvalue weighted by Gasteiger charge is 2.11. The predicted octanol–water partition coefficient (Wildman–Crippen LogP) is 2.55. The number of pyridine rings is 1. The summed E-state index contributed by atoms with van der Waals surface area (Å²) in [6.45, 7) is 5.45. The summed E-state index contributed by atoms with van der Waals surface area (Å²) in [6.07, 6.45) is 1.76. The average molecular weight is 284 g/mol. The number of aryl methyl sites for hydroxylation is 1. The zero-order chi connectivity index (χ0) is 14.7. The van der Waals surface area contributed by atoms with Crippen molar-refractivity contribution < 1.29 is 4.74 Å². The lowest BCUT2D eigenvalue weighted by Crippen LogP contribution is -2.36. The first kappa shape index (κ1) is 13.7. The van der Waals surface area contributed by atoms with Gasteiger partial charge in [-0.05, 0) is 42.8 Å². The molecule has 0 unspecified atom stereocenters. The van der Waals surface area contributed by atoms with E-state index in [4.69, 9.17) is 10.5 Å². The van der Waals surface area contributed by atoms with Crippen molar-refractivity contribution in [3.63, 3.8) is 0 Å². The summed E-state index contributed by atoms with van der Waals surface area (Å²) in [5.74, 6) is 0.703. The molecule has 0 bridgehead atoms.